The van der Waals surface area contributed by atoms with Crippen molar-refractivity contribution in [3.05, 3.63) is 33.8 Å². The van der Waals surface area contributed by atoms with Gasteiger partial charge in [0.05, 0.1) is 10.0 Å². The lowest BCUT2D eigenvalue weighted by Crippen LogP contribution is -2.11. The van der Waals surface area contributed by atoms with Crippen molar-refractivity contribution in [1.82, 2.24) is 0 Å². The Morgan fingerprint density at radius 2 is 1.81 bits per heavy atom. The van der Waals surface area contributed by atoms with Crippen LogP contribution in [0.25, 0.3) is 0 Å². The van der Waals surface area contributed by atoms with Gasteiger partial charge in [-0.15, -0.1) is 12.4 Å². The minimum atomic E-state index is 0. The average Bonchev–Trinajstić information content (AvgIpc) is 2.22. The minimum Gasteiger partial charge on any atom is -0.330 e. The molecule has 0 radical (unpaired) electrons. The lowest BCUT2D eigenvalue weighted by atomic mass is 10.0. The number of hydrogen-bond donors (Lipinski definition) is 2. The van der Waals surface area contributed by atoms with E-state index in [0.717, 1.165) is 24.8 Å². The highest BCUT2D eigenvalue weighted by Crippen LogP contribution is 2.26. The molecule has 0 unspecified atom stereocenters. The predicted octanol–water partition coefficient (Wildman–Crippen LogP) is 3.54. The van der Waals surface area contributed by atoms with Crippen LogP contribution < -0.4 is 11.5 Å². The highest BCUT2D eigenvalue weighted by atomic mass is 35.5. The number of unbranched alkanes of at least 4 members (excludes halogenated alkanes) is 1. The topological polar surface area (TPSA) is 52.0 Å². The van der Waals surface area contributed by atoms with Gasteiger partial charge in [-0.1, -0.05) is 35.7 Å². The van der Waals surface area contributed by atoms with Crippen LogP contribution >= 0.6 is 35.6 Å². The van der Waals surface area contributed by atoms with Gasteiger partial charge in [-0.2, -0.15) is 0 Å². The first-order valence-electron chi connectivity index (χ1n) is 5.05. The van der Waals surface area contributed by atoms with Crippen LogP contribution in [0.3, 0.4) is 0 Å². The molecule has 0 aliphatic carbocycles. The standard InChI is InChI=1S/C11H16Cl2N2.ClH/c12-9-5-4-8(7-10(9)13)11(15)3-1-2-6-14;/h4-5,7,11H,1-3,6,14-15H2;1H/t11-;/m1./s1. The normalized spacial score (nSPS) is 12.0. The van der Waals surface area contributed by atoms with Crippen molar-refractivity contribution in [3.8, 4) is 0 Å². The Labute approximate surface area is 113 Å². The van der Waals surface area contributed by atoms with Gasteiger partial charge in [0.25, 0.3) is 0 Å². The molecule has 0 aliphatic rings. The summed E-state index contributed by atoms with van der Waals surface area (Å²) in [5, 5.41) is 1.12. The van der Waals surface area contributed by atoms with E-state index in [1.165, 1.54) is 0 Å². The largest absolute Gasteiger partial charge is 0.330 e. The molecule has 0 heterocycles. The van der Waals surface area contributed by atoms with E-state index >= 15 is 0 Å². The smallest absolute Gasteiger partial charge is 0.0595 e. The Balaban J connectivity index is 0.00000225. The van der Waals surface area contributed by atoms with Gasteiger partial charge in [-0.25, -0.2) is 0 Å². The van der Waals surface area contributed by atoms with Crippen molar-refractivity contribution < 1.29 is 0 Å². The summed E-state index contributed by atoms with van der Waals surface area (Å²) in [6.45, 7) is 0.716. The third-order valence-electron chi connectivity index (χ3n) is 2.34. The summed E-state index contributed by atoms with van der Waals surface area (Å²) in [6, 6.07) is 5.55. The number of hydrogen-bond acceptors (Lipinski definition) is 2. The Bertz CT molecular complexity index is 318. The van der Waals surface area contributed by atoms with Gasteiger partial charge in [0.2, 0.25) is 0 Å². The van der Waals surface area contributed by atoms with E-state index in [1.807, 2.05) is 12.1 Å². The zero-order chi connectivity index (χ0) is 11.3. The number of benzene rings is 1. The molecular weight excluding hydrogens is 266 g/mol. The molecule has 0 aromatic heterocycles. The van der Waals surface area contributed by atoms with Gasteiger partial charge in [-0.3, -0.25) is 0 Å². The highest BCUT2D eigenvalue weighted by molar-refractivity contribution is 6.42. The maximum Gasteiger partial charge on any atom is 0.0595 e. The summed E-state index contributed by atoms with van der Waals surface area (Å²) in [4.78, 5) is 0. The molecule has 1 aromatic carbocycles. The van der Waals surface area contributed by atoms with E-state index in [4.69, 9.17) is 34.7 Å². The summed E-state index contributed by atoms with van der Waals surface area (Å²) in [5.41, 5.74) is 12.5. The predicted molar refractivity (Wildman–Crippen MR) is 73.5 cm³/mol. The molecule has 0 saturated carbocycles. The van der Waals surface area contributed by atoms with Crippen molar-refractivity contribution >= 4 is 35.6 Å². The number of rotatable bonds is 5. The minimum absolute atomic E-state index is 0. The van der Waals surface area contributed by atoms with Gasteiger partial charge >= 0.3 is 0 Å². The van der Waals surface area contributed by atoms with E-state index < -0.39 is 0 Å². The van der Waals surface area contributed by atoms with Crippen molar-refractivity contribution in [2.75, 3.05) is 6.54 Å². The SMILES string of the molecule is Cl.NCCCC[C@@H](N)c1ccc(Cl)c(Cl)c1. The summed E-state index contributed by atoms with van der Waals surface area (Å²) >= 11 is 11.7. The second kappa shape index (κ2) is 8.15. The Kier molecular flexibility index (Phi) is 8.16. The molecule has 0 bridgehead atoms. The molecule has 0 aliphatic heterocycles. The fourth-order valence-electron chi connectivity index (χ4n) is 1.42. The van der Waals surface area contributed by atoms with Crippen LogP contribution in [-0.2, 0) is 0 Å². The summed E-state index contributed by atoms with van der Waals surface area (Å²) < 4.78 is 0. The third-order valence-corrected chi connectivity index (χ3v) is 3.08. The fraction of sp³-hybridized carbons (Fsp3) is 0.455. The zero-order valence-corrected chi connectivity index (χ0v) is 11.3. The lowest BCUT2D eigenvalue weighted by Gasteiger charge is -2.12. The van der Waals surface area contributed by atoms with Crippen molar-refractivity contribution in [3.63, 3.8) is 0 Å². The molecule has 0 fully saturated rings. The van der Waals surface area contributed by atoms with Crippen LogP contribution in [0.4, 0.5) is 0 Å². The molecule has 1 rings (SSSR count). The first-order valence-corrected chi connectivity index (χ1v) is 5.81. The summed E-state index contributed by atoms with van der Waals surface area (Å²) in [5.74, 6) is 0. The highest BCUT2D eigenvalue weighted by Gasteiger charge is 2.07. The van der Waals surface area contributed by atoms with Crippen molar-refractivity contribution in [2.45, 2.75) is 25.3 Å². The van der Waals surface area contributed by atoms with E-state index in [1.54, 1.807) is 6.07 Å². The van der Waals surface area contributed by atoms with E-state index in [-0.39, 0.29) is 18.4 Å². The van der Waals surface area contributed by atoms with Crippen LogP contribution in [0.5, 0.6) is 0 Å². The first kappa shape index (κ1) is 16.0. The summed E-state index contributed by atoms with van der Waals surface area (Å²) in [7, 11) is 0. The molecule has 4 N–H and O–H groups in total. The van der Waals surface area contributed by atoms with Gasteiger partial charge < -0.3 is 11.5 Å². The summed E-state index contributed by atoms with van der Waals surface area (Å²) in [6.07, 6.45) is 2.97. The third kappa shape index (κ3) is 4.89. The maximum absolute atomic E-state index is 6.01. The Morgan fingerprint density at radius 1 is 1.12 bits per heavy atom. The van der Waals surface area contributed by atoms with E-state index in [0.29, 0.717) is 16.6 Å². The van der Waals surface area contributed by atoms with Gasteiger partial charge in [0, 0.05) is 6.04 Å². The van der Waals surface area contributed by atoms with Gasteiger partial charge in [0.1, 0.15) is 0 Å². The Morgan fingerprint density at radius 3 is 2.38 bits per heavy atom. The van der Waals surface area contributed by atoms with Gasteiger partial charge in [-0.05, 0) is 37.1 Å². The molecule has 16 heavy (non-hydrogen) atoms. The van der Waals surface area contributed by atoms with Crippen LogP contribution in [0.1, 0.15) is 30.9 Å². The first-order chi connectivity index (χ1) is 7.15. The molecule has 0 amide bonds. The van der Waals surface area contributed by atoms with Crippen LogP contribution in [-0.4, -0.2) is 6.54 Å². The van der Waals surface area contributed by atoms with Crippen molar-refractivity contribution in [1.29, 1.82) is 0 Å². The molecule has 1 atom stereocenters. The van der Waals surface area contributed by atoms with Crippen molar-refractivity contribution in [2.24, 2.45) is 11.5 Å². The zero-order valence-electron chi connectivity index (χ0n) is 8.96. The fourth-order valence-corrected chi connectivity index (χ4v) is 1.72. The maximum atomic E-state index is 6.01. The number of nitrogens with two attached hydrogens (primary N) is 2. The molecule has 92 valence electrons. The molecule has 1 aromatic rings. The molecule has 5 heteroatoms. The molecule has 0 spiro atoms. The number of halogens is 3. The van der Waals surface area contributed by atoms with Gasteiger partial charge in [0.15, 0.2) is 0 Å². The second-order valence-electron chi connectivity index (χ2n) is 3.56. The molecule has 2 nitrogen and oxygen atoms in total. The molecule has 0 saturated heterocycles. The monoisotopic (exact) mass is 282 g/mol. The molecular formula is C11H17Cl3N2. The van der Waals surface area contributed by atoms with Crippen LogP contribution in [0.2, 0.25) is 10.0 Å². The van der Waals surface area contributed by atoms with E-state index in [2.05, 4.69) is 0 Å². The van der Waals surface area contributed by atoms with E-state index in [9.17, 15) is 0 Å². The Hall–Kier alpha value is 0.01000. The second-order valence-corrected chi connectivity index (χ2v) is 4.38. The average molecular weight is 284 g/mol. The van der Waals surface area contributed by atoms with Crippen LogP contribution in [0, 0.1) is 0 Å². The lowest BCUT2D eigenvalue weighted by molar-refractivity contribution is 0.591. The quantitative estimate of drug-likeness (QED) is 0.812. The van der Waals surface area contributed by atoms with Crippen LogP contribution in [0.15, 0.2) is 18.2 Å².